The van der Waals surface area contributed by atoms with E-state index in [9.17, 15) is 0 Å². The molecule has 0 aromatic carbocycles. The number of fused-ring (bicyclic) bond motifs is 3. The van der Waals surface area contributed by atoms with Gasteiger partial charge in [-0.25, -0.2) is 4.98 Å². The summed E-state index contributed by atoms with van der Waals surface area (Å²) in [5.74, 6) is 2.32. The number of hydrogen-bond donors (Lipinski definition) is 0. The summed E-state index contributed by atoms with van der Waals surface area (Å²) in [7, 11) is 0. The summed E-state index contributed by atoms with van der Waals surface area (Å²) in [5.41, 5.74) is 1.41. The first-order valence-electron chi connectivity index (χ1n) is 9.98. The number of hydrogen-bond acceptors (Lipinski definition) is 6. The number of piperidine rings is 1. The van der Waals surface area contributed by atoms with Crippen molar-refractivity contribution in [2.45, 2.75) is 51.5 Å². The largest absolute Gasteiger partial charge is 0.437 e. The van der Waals surface area contributed by atoms with Crippen LogP contribution in [-0.2, 0) is 19.4 Å². The zero-order chi connectivity index (χ0) is 18.1. The minimum Gasteiger partial charge on any atom is -0.437 e. The molecule has 0 amide bonds. The maximum Gasteiger partial charge on any atom is 0.231 e. The third kappa shape index (κ3) is 3.56. The number of thiophene rings is 1. The van der Waals surface area contributed by atoms with Crippen LogP contribution < -0.4 is 4.74 Å². The molecular weight excluding hydrogens is 356 g/mol. The van der Waals surface area contributed by atoms with E-state index < -0.39 is 0 Å². The molecule has 0 N–H and O–H groups in total. The molecular formula is C21H24N4OS. The highest BCUT2D eigenvalue weighted by atomic mass is 32.1. The summed E-state index contributed by atoms with van der Waals surface area (Å²) >= 11 is 1.84. The molecule has 0 spiro atoms. The van der Waals surface area contributed by atoms with E-state index in [0.717, 1.165) is 54.3 Å². The van der Waals surface area contributed by atoms with Crippen molar-refractivity contribution in [1.82, 2.24) is 19.9 Å². The number of ether oxygens (including phenoxy) is 1. The Kier molecular flexibility index (Phi) is 4.76. The van der Waals surface area contributed by atoms with Crippen LogP contribution in [0.4, 0.5) is 0 Å². The van der Waals surface area contributed by atoms with E-state index in [-0.39, 0.29) is 0 Å². The van der Waals surface area contributed by atoms with Gasteiger partial charge in [-0.1, -0.05) is 6.42 Å². The second kappa shape index (κ2) is 7.52. The van der Waals surface area contributed by atoms with Crippen molar-refractivity contribution in [2.24, 2.45) is 0 Å². The molecule has 6 heteroatoms. The molecule has 1 fully saturated rings. The summed E-state index contributed by atoms with van der Waals surface area (Å²) in [4.78, 5) is 19.0. The van der Waals surface area contributed by atoms with Gasteiger partial charge in [0.05, 0.1) is 18.1 Å². The monoisotopic (exact) mass is 380 g/mol. The average molecular weight is 381 g/mol. The van der Waals surface area contributed by atoms with Crippen molar-refractivity contribution >= 4 is 21.6 Å². The van der Waals surface area contributed by atoms with Gasteiger partial charge in [0, 0.05) is 11.1 Å². The fourth-order valence-corrected chi connectivity index (χ4v) is 5.42. The summed E-state index contributed by atoms with van der Waals surface area (Å²) < 4.78 is 6.22. The lowest BCUT2D eigenvalue weighted by Crippen LogP contribution is -2.29. The molecule has 27 heavy (non-hydrogen) atoms. The van der Waals surface area contributed by atoms with Crippen LogP contribution in [0.5, 0.6) is 11.6 Å². The number of nitrogens with zero attached hydrogens (tertiary/aromatic N) is 4. The van der Waals surface area contributed by atoms with Crippen LogP contribution in [0.2, 0.25) is 0 Å². The van der Waals surface area contributed by atoms with E-state index in [1.54, 1.807) is 12.4 Å². The molecule has 4 heterocycles. The summed E-state index contributed by atoms with van der Waals surface area (Å²) in [6, 6.07) is 3.83. The minimum atomic E-state index is 0.708. The van der Waals surface area contributed by atoms with Crippen molar-refractivity contribution in [3.8, 4) is 11.6 Å². The van der Waals surface area contributed by atoms with Crippen LogP contribution in [0.1, 0.15) is 48.4 Å². The number of rotatable bonds is 4. The Morgan fingerprint density at radius 3 is 2.78 bits per heavy atom. The maximum atomic E-state index is 6.22. The molecule has 0 saturated carbocycles. The highest BCUT2D eigenvalue weighted by Gasteiger charge is 2.23. The molecule has 5 nitrogen and oxygen atoms in total. The van der Waals surface area contributed by atoms with Crippen LogP contribution in [-0.4, -0.2) is 32.9 Å². The molecule has 1 aliphatic carbocycles. The van der Waals surface area contributed by atoms with Gasteiger partial charge in [-0.15, -0.1) is 11.3 Å². The van der Waals surface area contributed by atoms with Gasteiger partial charge in [0.25, 0.3) is 0 Å². The Labute approximate surface area is 163 Å². The SMILES string of the molecule is c1cncc(Oc2nc(CN3CCCCC3)nc3sc4c(c23)CCCC4)c1. The van der Waals surface area contributed by atoms with Gasteiger partial charge in [-0.05, 0) is 69.3 Å². The van der Waals surface area contributed by atoms with E-state index >= 15 is 0 Å². The predicted molar refractivity (Wildman–Crippen MR) is 107 cm³/mol. The van der Waals surface area contributed by atoms with Gasteiger partial charge in [-0.3, -0.25) is 9.88 Å². The highest BCUT2D eigenvalue weighted by molar-refractivity contribution is 7.18. The lowest BCUT2D eigenvalue weighted by molar-refractivity contribution is 0.215. The van der Waals surface area contributed by atoms with E-state index in [0.29, 0.717) is 5.88 Å². The van der Waals surface area contributed by atoms with Crippen LogP contribution in [0.15, 0.2) is 24.5 Å². The molecule has 1 saturated heterocycles. The third-order valence-electron chi connectivity index (χ3n) is 5.49. The second-order valence-electron chi connectivity index (χ2n) is 7.46. The molecule has 3 aromatic heterocycles. The van der Waals surface area contributed by atoms with Gasteiger partial charge < -0.3 is 4.74 Å². The highest BCUT2D eigenvalue weighted by Crippen LogP contribution is 2.40. The number of likely N-dealkylation sites (tertiary alicyclic amines) is 1. The van der Waals surface area contributed by atoms with Gasteiger partial charge >= 0.3 is 0 Å². The zero-order valence-corrected chi connectivity index (χ0v) is 16.3. The Balaban J connectivity index is 1.56. The molecule has 140 valence electrons. The van der Waals surface area contributed by atoms with Crippen molar-refractivity contribution in [2.75, 3.05) is 13.1 Å². The van der Waals surface area contributed by atoms with E-state index in [1.807, 2.05) is 23.5 Å². The third-order valence-corrected chi connectivity index (χ3v) is 6.68. The fraction of sp³-hybridized carbons (Fsp3) is 0.476. The first kappa shape index (κ1) is 17.1. The Morgan fingerprint density at radius 1 is 1.04 bits per heavy atom. The quantitative estimate of drug-likeness (QED) is 0.654. The van der Waals surface area contributed by atoms with Gasteiger partial charge in [0.15, 0.2) is 0 Å². The lowest BCUT2D eigenvalue weighted by atomic mass is 9.97. The minimum absolute atomic E-state index is 0.708. The number of aromatic nitrogens is 3. The van der Waals surface area contributed by atoms with E-state index in [4.69, 9.17) is 14.7 Å². The van der Waals surface area contributed by atoms with Crippen molar-refractivity contribution in [3.63, 3.8) is 0 Å². The first-order valence-corrected chi connectivity index (χ1v) is 10.8. The van der Waals surface area contributed by atoms with Crippen LogP contribution >= 0.6 is 11.3 Å². The number of pyridine rings is 1. The number of aryl methyl sites for hydroxylation is 2. The zero-order valence-electron chi connectivity index (χ0n) is 15.5. The summed E-state index contributed by atoms with van der Waals surface area (Å²) in [5, 5.41) is 1.13. The van der Waals surface area contributed by atoms with Crippen LogP contribution in [0.3, 0.4) is 0 Å². The Morgan fingerprint density at radius 2 is 1.93 bits per heavy atom. The standard InChI is InChI=1S/C21H24N4OS/c1-4-11-25(12-5-1)14-18-23-20(26-15-7-6-10-22-13-15)19-16-8-2-3-9-17(16)27-21(19)24-18/h6-7,10,13H,1-5,8-9,11-12,14H2. The molecule has 0 radical (unpaired) electrons. The molecule has 1 aliphatic heterocycles. The van der Waals surface area contributed by atoms with Gasteiger partial charge in [-0.2, -0.15) is 4.98 Å². The second-order valence-corrected chi connectivity index (χ2v) is 8.55. The topological polar surface area (TPSA) is 51.1 Å². The summed E-state index contributed by atoms with van der Waals surface area (Å²) in [6.45, 7) is 3.09. The van der Waals surface area contributed by atoms with Crippen molar-refractivity contribution in [3.05, 3.63) is 40.8 Å². The summed E-state index contributed by atoms with van der Waals surface area (Å²) in [6.07, 6.45) is 12.2. The Hall–Kier alpha value is -2.05. The lowest BCUT2D eigenvalue weighted by Gasteiger charge is -2.25. The normalized spacial score (nSPS) is 17.8. The molecule has 0 bridgehead atoms. The molecule has 2 aliphatic rings. The van der Waals surface area contributed by atoms with Gasteiger partial charge in [0.1, 0.15) is 16.4 Å². The van der Waals surface area contributed by atoms with Crippen molar-refractivity contribution < 1.29 is 4.74 Å². The van der Waals surface area contributed by atoms with E-state index in [2.05, 4.69) is 9.88 Å². The smallest absolute Gasteiger partial charge is 0.231 e. The van der Waals surface area contributed by atoms with Gasteiger partial charge in [0.2, 0.25) is 5.88 Å². The molecule has 0 atom stereocenters. The molecule has 0 unspecified atom stereocenters. The average Bonchev–Trinajstić information content (AvgIpc) is 3.08. The molecule has 3 aromatic rings. The van der Waals surface area contributed by atoms with E-state index in [1.165, 1.54) is 42.5 Å². The molecule has 5 rings (SSSR count). The van der Waals surface area contributed by atoms with Crippen LogP contribution in [0.25, 0.3) is 10.2 Å². The maximum absolute atomic E-state index is 6.22. The fourth-order valence-electron chi connectivity index (χ4n) is 4.15. The predicted octanol–water partition coefficient (Wildman–Crippen LogP) is 4.74. The van der Waals surface area contributed by atoms with Crippen molar-refractivity contribution in [1.29, 1.82) is 0 Å². The first-order chi connectivity index (χ1) is 13.4. The Bertz CT molecular complexity index is 934. The van der Waals surface area contributed by atoms with Crippen LogP contribution in [0, 0.1) is 0 Å².